The Kier molecular flexibility index (Phi) is 6.59. The number of nitrogens with one attached hydrogen (secondary N) is 3. The van der Waals surface area contributed by atoms with Crippen molar-refractivity contribution in [3.63, 3.8) is 0 Å². The van der Waals surface area contributed by atoms with Crippen LogP contribution in [0.25, 0.3) is 0 Å². The van der Waals surface area contributed by atoms with E-state index in [1.54, 1.807) is 0 Å². The average molecular weight is 439 g/mol. The molecule has 2 aliphatic carbocycles. The van der Waals surface area contributed by atoms with Gasteiger partial charge in [0.2, 0.25) is 10.0 Å². The van der Waals surface area contributed by atoms with Gasteiger partial charge in [-0.3, -0.25) is 15.5 Å². The first-order chi connectivity index (χ1) is 12.9. The molecule has 2 saturated carbocycles. The molecule has 2 aliphatic heterocycles. The molecule has 0 spiro atoms. The molecule has 4 rings (SSSR count). The maximum absolute atomic E-state index is 12.8. The molecule has 9 heteroatoms. The van der Waals surface area contributed by atoms with E-state index >= 15 is 0 Å². The van der Waals surface area contributed by atoms with E-state index in [-0.39, 0.29) is 16.8 Å². The van der Waals surface area contributed by atoms with Crippen LogP contribution in [0.3, 0.4) is 0 Å². The summed E-state index contributed by atoms with van der Waals surface area (Å²) in [6.07, 6.45) is 7.42. The van der Waals surface area contributed by atoms with Gasteiger partial charge in [0.05, 0.1) is 10.6 Å². The second-order valence-electron chi connectivity index (χ2n) is 8.72. The molecule has 4 aliphatic rings. The van der Waals surface area contributed by atoms with Crippen molar-refractivity contribution in [2.24, 2.45) is 5.92 Å². The third kappa shape index (κ3) is 4.76. The van der Waals surface area contributed by atoms with E-state index < -0.39 is 15.3 Å². The fraction of sp³-hybridized carbons (Fsp3) is 1.00. The van der Waals surface area contributed by atoms with E-state index in [0.29, 0.717) is 31.1 Å². The number of rotatable bonds is 4. The first-order valence-corrected chi connectivity index (χ1v) is 12.9. The summed E-state index contributed by atoms with van der Waals surface area (Å²) in [6, 6.07) is 0.550. The highest BCUT2D eigenvalue weighted by Crippen LogP contribution is 2.33. The minimum absolute atomic E-state index is 0.0351. The Bertz CT molecular complexity index is 600. The van der Waals surface area contributed by atoms with Gasteiger partial charge in [-0.05, 0) is 63.8 Å². The molecule has 0 amide bonds. The van der Waals surface area contributed by atoms with Gasteiger partial charge in [0, 0.05) is 30.6 Å². The third-order valence-corrected chi connectivity index (χ3v) is 9.89. The molecule has 5 atom stereocenters. The molecule has 6 nitrogen and oxygen atoms in total. The summed E-state index contributed by atoms with van der Waals surface area (Å²) in [5.41, 5.74) is 0. The van der Waals surface area contributed by atoms with E-state index in [2.05, 4.69) is 20.3 Å². The van der Waals surface area contributed by atoms with Crippen LogP contribution in [0.15, 0.2) is 0 Å². The summed E-state index contributed by atoms with van der Waals surface area (Å²) in [5.74, 6) is 0.626. The highest BCUT2D eigenvalue weighted by molar-refractivity contribution is 7.90. The summed E-state index contributed by atoms with van der Waals surface area (Å²) in [5, 5.41) is 6.29. The zero-order valence-electron chi connectivity index (χ0n) is 15.7. The molecule has 0 aromatic heterocycles. The lowest BCUT2D eigenvalue weighted by atomic mass is 9.82. The summed E-state index contributed by atoms with van der Waals surface area (Å²) in [6.45, 7) is 3.35. The van der Waals surface area contributed by atoms with Crippen LogP contribution >= 0.6 is 23.2 Å². The molecule has 4 fully saturated rings. The minimum atomic E-state index is -3.42. The van der Waals surface area contributed by atoms with Crippen LogP contribution in [0.2, 0.25) is 0 Å². The van der Waals surface area contributed by atoms with Crippen molar-refractivity contribution in [3.05, 3.63) is 0 Å². The zero-order chi connectivity index (χ0) is 19.0. The first-order valence-electron chi connectivity index (χ1n) is 10.4. The molecule has 5 unspecified atom stereocenters. The van der Waals surface area contributed by atoms with Gasteiger partial charge >= 0.3 is 0 Å². The predicted molar refractivity (Wildman–Crippen MR) is 110 cm³/mol. The summed E-state index contributed by atoms with van der Waals surface area (Å²) >= 11 is 12.5. The first kappa shape index (κ1) is 20.6. The molecule has 27 heavy (non-hydrogen) atoms. The second-order valence-corrected chi connectivity index (χ2v) is 11.8. The van der Waals surface area contributed by atoms with Gasteiger partial charge in [-0.15, -0.1) is 23.2 Å². The van der Waals surface area contributed by atoms with Crippen molar-refractivity contribution in [2.75, 3.05) is 19.6 Å². The molecule has 156 valence electrons. The topological polar surface area (TPSA) is 73.5 Å². The molecule has 0 radical (unpaired) electrons. The number of hydrogen-bond acceptors (Lipinski definition) is 5. The van der Waals surface area contributed by atoms with Gasteiger partial charge in [0.15, 0.2) is 0 Å². The van der Waals surface area contributed by atoms with Crippen LogP contribution < -0.4 is 15.4 Å². The van der Waals surface area contributed by atoms with Crippen molar-refractivity contribution in [3.8, 4) is 0 Å². The van der Waals surface area contributed by atoms with E-state index in [4.69, 9.17) is 23.2 Å². The van der Waals surface area contributed by atoms with E-state index in [1.165, 1.54) is 13.0 Å². The van der Waals surface area contributed by atoms with Crippen LogP contribution in [0.4, 0.5) is 0 Å². The lowest BCUT2D eigenvalue weighted by molar-refractivity contribution is 0.166. The van der Waals surface area contributed by atoms with Gasteiger partial charge in [0.25, 0.3) is 0 Å². The summed E-state index contributed by atoms with van der Waals surface area (Å²) in [7, 11) is -3.42. The Morgan fingerprint density at radius 3 is 2.56 bits per heavy atom. The van der Waals surface area contributed by atoms with Crippen molar-refractivity contribution in [1.82, 2.24) is 20.3 Å². The Morgan fingerprint density at radius 2 is 1.81 bits per heavy atom. The maximum Gasteiger partial charge on any atom is 0.216 e. The number of fused-ring (bicyclic) bond motifs is 1. The van der Waals surface area contributed by atoms with E-state index in [0.717, 1.165) is 45.2 Å². The van der Waals surface area contributed by atoms with Crippen LogP contribution in [0.5, 0.6) is 0 Å². The normalized spacial score (nSPS) is 44.1. The fourth-order valence-electron chi connectivity index (χ4n) is 5.26. The smallest absolute Gasteiger partial charge is 0.216 e. The molecule has 0 bridgehead atoms. The molecular formula is C18H32Cl2N4O2S. The van der Waals surface area contributed by atoms with Crippen LogP contribution in [-0.2, 0) is 10.0 Å². The van der Waals surface area contributed by atoms with Crippen LogP contribution in [0, 0.1) is 5.92 Å². The largest absolute Gasteiger partial charge is 0.289 e. The average Bonchev–Trinajstić information content (AvgIpc) is 3.08. The van der Waals surface area contributed by atoms with Gasteiger partial charge in [-0.25, -0.2) is 13.1 Å². The summed E-state index contributed by atoms with van der Waals surface area (Å²) in [4.78, 5) is 2.50. The van der Waals surface area contributed by atoms with Crippen LogP contribution in [0.1, 0.15) is 51.4 Å². The van der Waals surface area contributed by atoms with Gasteiger partial charge in [-0.2, -0.15) is 0 Å². The van der Waals surface area contributed by atoms with E-state index in [9.17, 15) is 8.42 Å². The van der Waals surface area contributed by atoms with Gasteiger partial charge in [-0.1, -0.05) is 0 Å². The lowest BCUT2D eigenvalue weighted by Gasteiger charge is -2.35. The Morgan fingerprint density at radius 1 is 1.04 bits per heavy atom. The Labute approximate surface area is 173 Å². The number of sulfonamides is 1. The van der Waals surface area contributed by atoms with Crippen molar-refractivity contribution < 1.29 is 8.42 Å². The summed E-state index contributed by atoms with van der Waals surface area (Å²) < 4.78 is 28.6. The second kappa shape index (κ2) is 8.62. The third-order valence-electron chi connectivity index (χ3n) is 6.85. The monoisotopic (exact) mass is 438 g/mol. The molecule has 0 aromatic rings. The maximum atomic E-state index is 12.8. The zero-order valence-corrected chi connectivity index (χ0v) is 18.1. The number of alkyl halides is 2. The van der Waals surface area contributed by atoms with E-state index in [1.807, 2.05) is 0 Å². The molecular weight excluding hydrogens is 407 g/mol. The SMILES string of the molecule is O=S(=O)(NC1CCC(C2CN3CCCNC3N2)CC1)C1CC(Cl)CCC1Cl. The highest BCUT2D eigenvalue weighted by atomic mass is 35.5. The lowest BCUT2D eigenvalue weighted by Crippen LogP contribution is -2.53. The number of nitrogens with zero attached hydrogens (tertiary/aromatic N) is 1. The quantitative estimate of drug-likeness (QED) is 0.583. The fourth-order valence-corrected chi connectivity index (χ4v) is 8.20. The Hall–Kier alpha value is 0.370. The predicted octanol–water partition coefficient (Wildman–Crippen LogP) is 1.78. The standard InChI is InChI=1S/C18H32Cl2N4O2S/c19-13-4-7-15(20)17(10-13)27(25,26)23-14-5-2-12(3-6-14)16-11-24-9-1-8-21-18(24)22-16/h12-18,21-23H,1-11H2. The van der Waals surface area contributed by atoms with Crippen molar-refractivity contribution in [2.45, 2.75) is 85.7 Å². The molecule has 3 N–H and O–H groups in total. The molecule has 0 aromatic carbocycles. The number of halogens is 2. The molecule has 2 saturated heterocycles. The van der Waals surface area contributed by atoms with Gasteiger partial charge in [0.1, 0.15) is 6.29 Å². The van der Waals surface area contributed by atoms with Crippen molar-refractivity contribution >= 4 is 33.2 Å². The molecule has 2 heterocycles. The van der Waals surface area contributed by atoms with Crippen molar-refractivity contribution in [1.29, 1.82) is 0 Å². The highest BCUT2D eigenvalue weighted by Gasteiger charge is 2.41. The van der Waals surface area contributed by atoms with Crippen LogP contribution in [-0.4, -0.2) is 67.3 Å². The Balaban J connectivity index is 1.28. The minimum Gasteiger partial charge on any atom is -0.289 e. The van der Waals surface area contributed by atoms with Gasteiger partial charge < -0.3 is 0 Å². The number of hydrogen-bond donors (Lipinski definition) is 3.